The van der Waals surface area contributed by atoms with Crippen LogP contribution in [0, 0.1) is 0 Å². The van der Waals surface area contributed by atoms with Crippen LogP contribution in [0.3, 0.4) is 0 Å². The van der Waals surface area contributed by atoms with Gasteiger partial charge >= 0.3 is 0 Å². The van der Waals surface area contributed by atoms with Gasteiger partial charge in [0.15, 0.2) is 0 Å². The number of aryl methyl sites for hydroxylation is 1. The third-order valence-corrected chi connectivity index (χ3v) is 4.12. The number of methoxy groups -OCH3 is 1. The maximum Gasteiger partial charge on any atom is 0.251 e. The van der Waals surface area contributed by atoms with E-state index in [9.17, 15) is 9.59 Å². The maximum atomic E-state index is 12.1. The van der Waals surface area contributed by atoms with E-state index in [2.05, 4.69) is 10.6 Å². The minimum atomic E-state index is -0.0574. The molecule has 130 valence electrons. The summed E-state index contributed by atoms with van der Waals surface area (Å²) in [6.07, 6.45) is 3.16. The second-order valence-corrected chi connectivity index (χ2v) is 6.22. The highest BCUT2D eigenvalue weighted by molar-refractivity contribution is 5.96. The average Bonchev–Trinajstić information content (AvgIpc) is 3.44. The molecule has 1 aliphatic carbocycles. The van der Waals surface area contributed by atoms with E-state index in [1.54, 1.807) is 31.4 Å². The molecule has 0 heterocycles. The Morgan fingerprint density at radius 2 is 1.88 bits per heavy atom. The molecule has 0 spiro atoms. The van der Waals surface area contributed by atoms with Crippen LogP contribution in [0.2, 0.25) is 0 Å². The summed E-state index contributed by atoms with van der Waals surface area (Å²) in [6, 6.07) is 15.0. The number of ether oxygens (including phenoxy) is 1. The smallest absolute Gasteiger partial charge is 0.251 e. The van der Waals surface area contributed by atoms with Gasteiger partial charge in [0.25, 0.3) is 5.91 Å². The summed E-state index contributed by atoms with van der Waals surface area (Å²) in [5, 5.41) is 5.80. The minimum Gasteiger partial charge on any atom is -0.497 e. The standard InChI is InChI=1S/C20H22N2O3/c1-25-18-4-2-3-14(13-18)5-12-19(23)21-16-8-6-15(7-9-16)20(24)22-17-10-11-17/h2-4,6-9,13,17H,5,10-12H2,1H3,(H,21,23)(H,22,24). The van der Waals surface area contributed by atoms with Crippen LogP contribution < -0.4 is 15.4 Å². The van der Waals surface area contributed by atoms with E-state index in [4.69, 9.17) is 4.74 Å². The highest BCUT2D eigenvalue weighted by Crippen LogP contribution is 2.20. The number of amides is 2. The fourth-order valence-corrected chi connectivity index (χ4v) is 2.51. The third kappa shape index (κ3) is 5.08. The molecule has 0 unspecified atom stereocenters. The number of nitrogens with one attached hydrogen (secondary N) is 2. The molecule has 2 N–H and O–H groups in total. The summed E-state index contributed by atoms with van der Waals surface area (Å²) in [4.78, 5) is 24.0. The molecule has 0 radical (unpaired) electrons. The lowest BCUT2D eigenvalue weighted by Crippen LogP contribution is -2.25. The van der Waals surface area contributed by atoms with Gasteiger partial charge in [0.05, 0.1) is 7.11 Å². The molecule has 1 aliphatic rings. The van der Waals surface area contributed by atoms with E-state index in [1.165, 1.54) is 0 Å². The van der Waals surface area contributed by atoms with Gasteiger partial charge in [-0.2, -0.15) is 0 Å². The van der Waals surface area contributed by atoms with E-state index < -0.39 is 0 Å². The van der Waals surface area contributed by atoms with Crippen molar-refractivity contribution in [1.29, 1.82) is 0 Å². The van der Waals surface area contributed by atoms with Gasteiger partial charge in [0.2, 0.25) is 5.91 Å². The third-order valence-electron chi connectivity index (χ3n) is 4.12. The second kappa shape index (κ2) is 7.83. The molecule has 0 aromatic heterocycles. The molecular weight excluding hydrogens is 316 g/mol. The van der Waals surface area contributed by atoms with Crippen LogP contribution in [0.25, 0.3) is 0 Å². The number of benzene rings is 2. The molecule has 3 rings (SSSR count). The summed E-state index contributed by atoms with van der Waals surface area (Å²) in [7, 11) is 1.63. The molecule has 5 nitrogen and oxygen atoms in total. The molecule has 0 saturated heterocycles. The van der Waals surface area contributed by atoms with Crippen molar-refractivity contribution in [2.24, 2.45) is 0 Å². The van der Waals surface area contributed by atoms with Crippen LogP contribution in [-0.2, 0) is 11.2 Å². The molecule has 0 atom stereocenters. The predicted octanol–water partition coefficient (Wildman–Crippen LogP) is 3.16. The number of hydrogen-bond donors (Lipinski definition) is 2. The van der Waals surface area contributed by atoms with Crippen LogP contribution >= 0.6 is 0 Å². The molecule has 0 aliphatic heterocycles. The first kappa shape index (κ1) is 17.0. The van der Waals surface area contributed by atoms with Crippen molar-refractivity contribution in [3.8, 4) is 5.75 Å². The van der Waals surface area contributed by atoms with E-state index >= 15 is 0 Å². The molecule has 0 bridgehead atoms. The van der Waals surface area contributed by atoms with Gasteiger partial charge in [-0.05, 0) is 61.2 Å². The van der Waals surface area contributed by atoms with Gasteiger partial charge in [-0.15, -0.1) is 0 Å². The summed E-state index contributed by atoms with van der Waals surface area (Å²) in [5.74, 6) is 0.675. The van der Waals surface area contributed by atoms with Crippen molar-refractivity contribution >= 4 is 17.5 Å². The van der Waals surface area contributed by atoms with Crippen molar-refractivity contribution in [3.05, 3.63) is 59.7 Å². The SMILES string of the molecule is COc1cccc(CCC(=O)Nc2ccc(C(=O)NC3CC3)cc2)c1. The topological polar surface area (TPSA) is 67.4 Å². The van der Waals surface area contributed by atoms with Crippen molar-refractivity contribution in [2.45, 2.75) is 31.7 Å². The van der Waals surface area contributed by atoms with Gasteiger partial charge in [-0.1, -0.05) is 12.1 Å². The Bertz CT molecular complexity index is 752. The summed E-state index contributed by atoms with van der Waals surface area (Å²) in [5.41, 5.74) is 2.36. The molecule has 1 saturated carbocycles. The fourth-order valence-electron chi connectivity index (χ4n) is 2.51. The Balaban J connectivity index is 1.49. The maximum absolute atomic E-state index is 12.1. The zero-order valence-corrected chi connectivity index (χ0v) is 14.2. The Kier molecular flexibility index (Phi) is 5.33. The normalized spacial score (nSPS) is 13.2. The Labute approximate surface area is 147 Å². The Hall–Kier alpha value is -2.82. The minimum absolute atomic E-state index is 0.0570. The zero-order valence-electron chi connectivity index (χ0n) is 14.2. The first-order valence-corrected chi connectivity index (χ1v) is 8.48. The van der Waals surface area contributed by atoms with Gasteiger partial charge < -0.3 is 15.4 Å². The van der Waals surface area contributed by atoms with Gasteiger partial charge in [-0.25, -0.2) is 0 Å². The summed E-state index contributed by atoms with van der Waals surface area (Å²) < 4.78 is 5.18. The van der Waals surface area contributed by atoms with Crippen molar-refractivity contribution < 1.29 is 14.3 Å². The van der Waals surface area contributed by atoms with Crippen molar-refractivity contribution in [1.82, 2.24) is 5.32 Å². The molecular formula is C20H22N2O3. The van der Waals surface area contributed by atoms with Crippen LogP contribution in [0.1, 0.15) is 35.2 Å². The van der Waals surface area contributed by atoms with E-state index in [0.29, 0.717) is 30.1 Å². The first-order chi connectivity index (χ1) is 12.1. The number of carbonyl (C=O) groups excluding carboxylic acids is 2. The van der Waals surface area contributed by atoms with E-state index in [1.807, 2.05) is 24.3 Å². The van der Waals surface area contributed by atoms with Crippen LogP contribution in [-0.4, -0.2) is 25.0 Å². The Morgan fingerprint density at radius 1 is 1.12 bits per heavy atom. The number of rotatable bonds is 7. The van der Waals surface area contributed by atoms with Crippen molar-refractivity contribution in [3.63, 3.8) is 0 Å². The van der Waals surface area contributed by atoms with Crippen LogP contribution in [0.4, 0.5) is 5.69 Å². The largest absolute Gasteiger partial charge is 0.497 e. The molecule has 2 aromatic carbocycles. The molecule has 1 fully saturated rings. The summed E-state index contributed by atoms with van der Waals surface area (Å²) >= 11 is 0. The highest BCUT2D eigenvalue weighted by atomic mass is 16.5. The average molecular weight is 338 g/mol. The lowest BCUT2D eigenvalue weighted by atomic mass is 10.1. The molecule has 5 heteroatoms. The zero-order chi connectivity index (χ0) is 17.6. The lowest BCUT2D eigenvalue weighted by Gasteiger charge is -2.08. The Morgan fingerprint density at radius 3 is 2.56 bits per heavy atom. The first-order valence-electron chi connectivity index (χ1n) is 8.48. The lowest BCUT2D eigenvalue weighted by molar-refractivity contribution is -0.116. The number of anilines is 1. The van der Waals surface area contributed by atoms with E-state index in [0.717, 1.165) is 24.2 Å². The van der Waals surface area contributed by atoms with Crippen LogP contribution in [0.5, 0.6) is 5.75 Å². The van der Waals surface area contributed by atoms with Crippen LogP contribution in [0.15, 0.2) is 48.5 Å². The van der Waals surface area contributed by atoms with Gasteiger partial charge in [-0.3, -0.25) is 9.59 Å². The van der Waals surface area contributed by atoms with Gasteiger partial charge in [0, 0.05) is 23.7 Å². The molecule has 2 amide bonds. The summed E-state index contributed by atoms with van der Waals surface area (Å²) in [6.45, 7) is 0. The molecule has 2 aromatic rings. The highest BCUT2D eigenvalue weighted by Gasteiger charge is 2.23. The van der Waals surface area contributed by atoms with Gasteiger partial charge in [0.1, 0.15) is 5.75 Å². The van der Waals surface area contributed by atoms with E-state index in [-0.39, 0.29) is 11.8 Å². The quantitative estimate of drug-likeness (QED) is 0.815. The monoisotopic (exact) mass is 338 g/mol. The number of hydrogen-bond acceptors (Lipinski definition) is 3. The fraction of sp³-hybridized carbons (Fsp3) is 0.300. The molecule has 25 heavy (non-hydrogen) atoms. The van der Waals surface area contributed by atoms with Crippen molar-refractivity contribution in [2.75, 3.05) is 12.4 Å². The predicted molar refractivity (Wildman–Crippen MR) is 96.9 cm³/mol. The second-order valence-electron chi connectivity index (χ2n) is 6.22. The number of carbonyl (C=O) groups is 2.